The standard InChI is InChI=1S/C9H12N2O/c1-5(2)7-3-6(12)4-8(10)9(7)11/h3-4,12H,1,10-11H2,2H3. The van der Waals surface area contributed by atoms with Gasteiger partial charge in [0.1, 0.15) is 5.75 Å². The first-order valence-corrected chi connectivity index (χ1v) is 3.56. The van der Waals surface area contributed by atoms with Crippen LogP contribution in [0, 0.1) is 0 Å². The van der Waals surface area contributed by atoms with Gasteiger partial charge in [0.05, 0.1) is 11.4 Å². The molecule has 0 radical (unpaired) electrons. The van der Waals surface area contributed by atoms with Gasteiger partial charge in [-0.3, -0.25) is 0 Å². The third-order valence-electron chi connectivity index (χ3n) is 1.66. The van der Waals surface area contributed by atoms with E-state index in [-0.39, 0.29) is 5.75 Å². The summed E-state index contributed by atoms with van der Waals surface area (Å²) in [5.74, 6) is 0.111. The van der Waals surface area contributed by atoms with Gasteiger partial charge in [0.25, 0.3) is 0 Å². The molecule has 5 N–H and O–H groups in total. The molecule has 3 nitrogen and oxygen atoms in total. The van der Waals surface area contributed by atoms with E-state index < -0.39 is 0 Å². The minimum absolute atomic E-state index is 0.111. The van der Waals surface area contributed by atoms with Crippen molar-refractivity contribution in [2.75, 3.05) is 11.5 Å². The zero-order valence-electron chi connectivity index (χ0n) is 6.96. The van der Waals surface area contributed by atoms with Crippen molar-refractivity contribution in [1.82, 2.24) is 0 Å². The molecule has 1 rings (SSSR count). The zero-order chi connectivity index (χ0) is 9.30. The molecule has 0 aliphatic carbocycles. The summed E-state index contributed by atoms with van der Waals surface area (Å²) < 4.78 is 0. The highest BCUT2D eigenvalue weighted by Gasteiger charge is 2.05. The Labute approximate surface area is 71.3 Å². The Morgan fingerprint density at radius 1 is 1.42 bits per heavy atom. The van der Waals surface area contributed by atoms with Crippen LogP contribution in [0.2, 0.25) is 0 Å². The lowest BCUT2D eigenvalue weighted by Gasteiger charge is -2.08. The van der Waals surface area contributed by atoms with Crippen LogP contribution < -0.4 is 11.5 Å². The Kier molecular flexibility index (Phi) is 1.95. The molecule has 0 aromatic heterocycles. The normalized spacial score (nSPS) is 9.75. The van der Waals surface area contributed by atoms with E-state index in [1.165, 1.54) is 6.07 Å². The van der Waals surface area contributed by atoms with E-state index in [0.29, 0.717) is 16.9 Å². The molecular weight excluding hydrogens is 152 g/mol. The van der Waals surface area contributed by atoms with Crippen LogP contribution in [0.3, 0.4) is 0 Å². The molecular formula is C9H12N2O. The molecule has 0 amide bonds. The van der Waals surface area contributed by atoms with Crippen LogP contribution in [-0.4, -0.2) is 5.11 Å². The van der Waals surface area contributed by atoms with E-state index in [9.17, 15) is 5.11 Å². The molecule has 3 heteroatoms. The maximum atomic E-state index is 9.19. The first-order valence-electron chi connectivity index (χ1n) is 3.56. The molecule has 0 fully saturated rings. The van der Waals surface area contributed by atoms with Crippen molar-refractivity contribution in [3.05, 3.63) is 24.3 Å². The second kappa shape index (κ2) is 2.77. The van der Waals surface area contributed by atoms with Crippen LogP contribution >= 0.6 is 0 Å². The topological polar surface area (TPSA) is 72.3 Å². The minimum Gasteiger partial charge on any atom is -0.508 e. The highest BCUT2D eigenvalue weighted by molar-refractivity contribution is 5.81. The van der Waals surface area contributed by atoms with Gasteiger partial charge in [-0.2, -0.15) is 0 Å². The fraction of sp³-hybridized carbons (Fsp3) is 0.111. The molecule has 0 bridgehead atoms. The third-order valence-corrected chi connectivity index (χ3v) is 1.66. The van der Waals surface area contributed by atoms with Crippen LogP contribution in [-0.2, 0) is 0 Å². The molecule has 0 spiro atoms. The molecule has 0 aliphatic rings. The number of aromatic hydroxyl groups is 1. The number of allylic oxidation sites excluding steroid dienone is 1. The highest BCUT2D eigenvalue weighted by atomic mass is 16.3. The Bertz CT molecular complexity index is 332. The van der Waals surface area contributed by atoms with E-state index in [2.05, 4.69) is 6.58 Å². The number of phenols is 1. The monoisotopic (exact) mass is 164 g/mol. The molecule has 0 aliphatic heterocycles. The van der Waals surface area contributed by atoms with E-state index >= 15 is 0 Å². The van der Waals surface area contributed by atoms with E-state index in [1.807, 2.05) is 6.92 Å². The minimum atomic E-state index is 0.111. The third kappa shape index (κ3) is 1.34. The van der Waals surface area contributed by atoms with Crippen molar-refractivity contribution >= 4 is 16.9 Å². The maximum Gasteiger partial charge on any atom is 0.118 e. The lowest BCUT2D eigenvalue weighted by molar-refractivity contribution is 0.475. The molecule has 0 unspecified atom stereocenters. The largest absolute Gasteiger partial charge is 0.508 e. The maximum absolute atomic E-state index is 9.19. The van der Waals surface area contributed by atoms with Crippen molar-refractivity contribution in [3.8, 4) is 5.75 Å². The summed E-state index contributed by atoms with van der Waals surface area (Å²) in [4.78, 5) is 0. The van der Waals surface area contributed by atoms with Crippen molar-refractivity contribution in [1.29, 1.82) is 0 Å². The molecule has 0 saturated carbocycles. The summed E-state index contributed by atoms with van der Waals surface area (Å²) >= 11 is 0. The Hall–Kier alpha value is -1.64. The van der Waals surface area contributed by atoms with Gasteiger partial charge in [-0.1, -0.05) is 6.58 Å². The predicted octanol–water partition coefficient (Wildman–Crippen LogP) is 1.59. The molecule has 0 saturated heterocycles. The number of hydrogen-bond acceptors (Lipinski definition) is 3. The quantitative estimate of drug-likeness (QED) is 0.436. The molecule has 0 atom stereocenters. The second-order valence-corrected chi connectivity index (χ2v) is 2.78. The van der Waals surface area contributed by atoms with Crippen molar-refractivity contribution in [3.63, 3.8) is 0 Å². The molecule has 12 heavy (non-hydrogen) atoms. The first kappa shape index (κ1) is 8.46. The van der Waals surface area contributed by atoms with Crippen molar-refractivity contribution in [2.45, 2.75) is 6.92 Å². The van der Waals surface area contributed by atoms with E-state index in [1.54, 1.807) is 6.07 Å². The summed E-state index contributed by atoms with van der Waals surface area (Å²) in [5, 5.41) is 9.19. The lowest BCUT2D eigenvalue weighted by atomic mass is 10.1. The van der Waals surface area contributed by atoms with Gasteiger partial charge in [0.2, 0.25) is 0 Å². The average molecular weight is 164 g/mol. The average Bonchev–Trinajstić information content (AvgIpc) is 1.96. The van der Waals surface area contributed by atoms with Gasteiger partial charge in [-0.05, 0) is 18.6 Å². The summed E-state index contributed by atoms with van der Waals surface area (Å²) in [5.41, 5.74) is 13.5. The number of benzene rings is 1. The number of phenolic OH excluding ortho intramolecular Hbond substituents is 1. The SMILES string of the molecule is C=C(C)c1cc(O)cc(N)c1N. The van der Waals surface area contributed by atoms with Crippen LogP contribution in [0.5, 0.6) is 5.75 Å². The van der Waals surface area contributed by atoms with Gasteiger partial charge in [-0.15, -0.1) is 0 Å². The molecule has 0 heterocycles. The van der Waals surface area contributed by atoms with Crippen molar-refractivity contribution < 1.29 is 5.11 Å². The van der Waals surface area contributed by atoms with Gasteiger partial charge >= 0.3 is 0 Å². The van der Waals surface area contributed by atoms with Gasteiger partial charge in [0.15, 0.2) is 0 Å². The molecule has 64 valence electrons. The fourth-order valence-corrected chi connectivity index (χ4v) is 1.01. The Morgan fingerprint density at radius 2 is 2.00 bits per heavy atom. The van der Waals surface area contributed by atoms with Gasteiger partial charge in [-0.25, -0.2) is 0 Å². The van der Waals surface area contributed by atoms with E-state index in [0.717, 1.165) is 5.57 Å². The number of rotatable bonds is 1. The predicted molar refractivity (Wildman–Crippen MR) is 51.6 cm³/mol. The number of nitrogen functional groups attached to an aromatic ring is 2. The summed E-state index contributed by atoms with van der Waals surface area (Å²) in [6.07, 6.45) is 0. The summed E-state index contributed by atoms with van der Waals surface area (Å²) in [7, 11) is 0. The number of nitrogens with two attached hydrogens (primary N) is 2. The van der Waals surface area contributed by atoms with Crippen molar-refractivity contribution in [2.24, 2.45) is 0 Å². The zero-order valence-corrected chi connectivity index (χ0v) is 6.96. The lowest BCUT2D eigenvalue weighted by Crippen LogP contribution is -1.98. The summed E-state index contributed by atoms with van der Waals surface area (Å²) in [6.45, 7) is 5.53. The Balaban J connectivity index is 3.37. The van der Waals surface area contributed by atoms with Crippen LogP contribution in [0.4, 0.5) is 11.4 Å². The van der Waals surface area contributed by atoms with Gasteiger partial charge in [0, 0.05) is 11.6 Å². The van der Waals surface area contributed by atoms with Crippen LogP contribution in [0.1, 0.15) is 12.5 Å². The van der Waals surface area contributed by atoms with Crippen LogP contribution in [0.25, 0.3) is 5.57 Å². The summed E-state index contributed by atoms with van der Waals surface area (Å²) in [6, 6.07) is 2.97. The Morgan fingerprint density at radius 3 is 2.50 bits per heavy atom. The van der Waals surface area contributed by atoms with Gasteiger partial charge < -0.3 is 16.6 Å². The highest BCUT2D eigenvalue weighted by Crippen LogP contribution is 2.29. The molecule has 1 aromatic rings. The smallest absolute Gasteiger partial charge is 0.118 e. The first-order chi connectivity index (χ1) is 5.52. The van der Waals surface area contributed by atoms with Crippen LogP contribution in [0.15, 0.2) is 18.7 Å². The fourth-order valence-electron chi connectivity index (χ4n) is 1.01. The molecule has 1 aromatic carbocycles. The number of hydrogen-bond donors (Lipinski definition) is 3. The second-order valence-electron chi connectivity index (χ2n) is 2.78. The van der Waals surface area contributed by atoms with E-state index in [4.69, 9.17) is 11.5 Å². The number of anilines is 2.